The molecule has 0 aliphatic carbocycles. The van der Waals surface area contributed by atoms with Gasteiger partial charge in [-0.15, -0.1) is 0 Å². The number of unbranched alkanes of at least 4 members (excludes halogenated alkanes) is 1. The summed E-state index contributed by atoms with van der Waals surface area (Å²) in [6, 6.07) is 8.64. The second kappa shape index (κ2) is 9.26. The standard InChI is InChI=1S/C17H21N3O3/c1-3-4-9-20-15-8-6-5-7-13(15)17(22)23-11-16(21)14(10-18)12(2)19/h5-8,20H,3-4,9,11,19H2,1-2H3. The number of para-hydroxylation sites is 1. The summed E-state index contributed by atoms with van der Waals surface area (Å²) in [5.41, 5.74) is 6.37. The predicted octanol–water partition coefficient (Wildman–Crippen LogP) is 2.38. The first-order valence-corrected chi connectivity index (χ1v) is 7.40. The Labute approximate surface area is 135 Å². The van der Waals surface area contributed by atoms with Gasteiger partial charge in [-0.1, -0.05) is 25.5 Å². The molecular weight excluding hydrogens is 294 g/mol. The fraction of sp³-hybridized carbons (Fsp3) is 0.353. The topological polar surface area (TPSA) is 105 Å². The third kappa shape index (κ3) is 5.47. The molecule has 122 valence electrons. The number of benzene rings is 1. The van der Waals surface area contributed by atoms with E-state index in [9.17, 15) is 9.59 Å². The quantitative estimate of drug-likeness (QED) is 0.330. The molecule has 0 heterocycles. The van der Waals surface area contributed by atoms with Gasteiger partial charge in [0.05, 0.1) is 5.56 Å². The fourth-order valence-electron chi connectivity index (χ4n) is 1.87. The molecule has 23 heavy (non-hydrogen) atoms. The molecular formula is C17H21N3O3. The van der Waals surface area contributed by atoms with Crippen LogP contribution in [0, 0.1) is 11.3 Å². The molecule has 0 aliphatic rings. The van der Waals surface area contributed by atoms with Crippen molar-refractivity contribution in [3.05, 3.63) is 41.1 Å². The first-order chi connectivity index (χ1) is 11.0. The maximum atomic E-state index is 12.1. The van der Waals surface area contributed by atoms with Crippen molar-refractivity contribution in [3.8, 4) is 6.07 Å². The third-order valence-electron chi connectivity index (χ3n) is 3.11. The van der Waals surface area contributed by atoms with Gasteiger partial charge in [0.25, 0.3) is 0 Å². The summed E-state index contributed by atoms with van der Waals surface area (Å²) in [4.78, 5) is 23.9. The van der Waals surface area contributed by atoms with E-state index in [1.54, 1.807) is 24.3 Å². The number of anilines is 1. The van der Waals surface area contributed by atoms with E-state index in [-0.39, 0.29) is 11.3 Å². The van der Waals surface area contributed by atoms with Crippen LogP contribution in [0.1, 0.15) is 37.0 Å². The fourth-order valence-corrected chi connectivity index (χ4v) is 1.87. The molecule has 0 saturated carbocycles. The minimum atomic E-state index is -0.620. The maximum absolute atomic E-state index is 12.1. The van der Waals surface area contributed by atoms with E-state index >= 15 is 0 Å². The van der Waals surface area contributed by atoms with E-state index < -0.39 is 18.4 Å². The highest BCUT2D eigenvalue weighted by Gasteiger charge is 2.17. The number of allylic oxidation sites excluding steroid dienone is 1. The van der Waals surface area contributed by atoms with E-state index in [1.165, 1.54) is 6.92 Å². The Morgan fingerprint density at radius 2 is 2.04 bits per heavy atom. The summed E-state index contributed by atoms with van der Waals surface area (Å²) < 4.78 is 5.00. The number of carbonyl (C=O) groups excluding carboxylic acids is 2. The number of nitriles is 1. The Morgan fingerprint density at radius 3 is 2.65 bits per heavy atom. The van der Waals surface area contributed by atoms with Gasteiger partial charge < -0.3 is 15.8 Å². The van der Waals surface area contributed by atoms with Crippen molar-refractivity contribution >= 4 is 17.4 Å². The largest absolute Gasteiger partial charge is 0.454 e. The lowest BCUT2D eigenvalue weighted by molar-refractivity contribution is -0.118. The lowest BCUT2D eigenvalue weighted by Gasteiger charge is -2.11. The van der Waals surface area contributed by atoms with Crippen LogP contribution in [0.3, 0.4) is 0 Å². The van der Waals surface area contributed by atoms with Crippen molar-refractivity contribution in [2.24, 2.45) is 5.73 Å². The number of carbonyl (C=O) groups is 2. The summed E-state index contributed by atoms with van der Waals surface area (Å²) >= 11 is 0. The third-order valence-corrected chi connectivity index (χ3v) is 3.11. The normalized spacial score (nSPS) is 11.2. The Balaban J connectivity index is 2.74. The van der Waals surface area contributed by atoms with E-state index in [1.807, 2.05) is 6.07 Å². The molecule has 3 N–H and O–H groups in total. The van der Waals surface area contributed by atoms with Gasteiger partial charge in [0.15, 0.2) is 6.61 Å². The second-order valence-corrected chi connectivity index (χ2v) is 5.00. The molecule has 0 aliphatic heterocycles. The highest BCUT2D eigenvalue weighted by atomic mass is 16.5. The van der Waals surface area contributed by atoms with Crippen molar-refractivity contribution in [3.63, 3.8) is 0 Å². The molecule has 1 aromatic carbocycles. The van der Waals surface area contributed by atoms with Crippen molar-refractivity contribution in [2.75, 3.05) is 18.5 Å². The Bertz CT molecular complexity index is 641. The van der Waals surface area contributed by atoms with Crippen molar-refractivity contribution < 1.29 is 14.3 Å². The van der Waals surface area contributed by atoms with Gasteiger partial charge in [-0.05, 0) is 25.5 Å². The number of Topliss-reactive ketones (excluding diaryl/α,β-unsaturated/α-hetero) is 1. The molecule has 0 saturated heterocycles. The van der Waals surface area contributed by atoms with Gasteiger partial charge >= 0.3 is 5.97 Å². The molecule has 6 nitrogen and oxygen atoms in total. The molecule has 1 aromatic rings. The van der Waals surface area contributed by atoms with Gasteiger partial charge in [-0.25, -0.2) is 4.79 Å². The summed E-state index contributed by atoms with van der Waals surface area (Å²) in [6.07, 6.45) is 2.02. The van der Waals surface area contributed by atoms with E-state index in [4.69, 9.17) is 15.7 Å². The monoisotopic (exact) mass is 315 g/mol. The predicted molar refractivity (Wildman–Crippen MR) is 87.6 cm³/mol. The molecule has 0 spiro atoms. The van der Waals surface area contributed by atoms with Crippen LogP contribution in [-0.4, -0.2) is 24.9 Å². The molecule has 0 bridgehead atoms. The van der Waals surface area contributed by atoms with Crippen LogP contribution >= 0.6 is 0 Å². The molecule has 0 atom stereocenters. The molecule has 0 radical (unpaired) electrons. The smallest absolute Gasteiger partial charge is 0.340 e. The lowest BCUT2D eigenvalue weighted by Crippen LogP contribution is -2.18. The van der Waals surface area contributed by atoms with Crippen LogP contribution in [0.4, 0.5) is 5.69 Å². The van der Waals surface area contributed by atoms with Gasteiger partial charge in [-0.2, -0.15) is 5.26 Å². The number of hydrogen-bond donors (Lipinski definition) is 2. The van der Waals surface area contributed by atoms with E-state index in [0.29, 0.717) is 11.3 Å². The number of esters is 1. The second-order valence-electron chi connectivity index (χ2n) is 5.00. The summed E-state index contributed by atoms with van der Waals surface area (Å²) in [7, 11) is 0. The van der Waals surface area contributed by atoms with Crippen molar-refractivity contribution in [2.45, 2.75) is 26.7 Å². The van der Waals surface area contributed by atoms with Crippen LogP contribution in [0.2, 0.25) is 0 Å². The number of ketones is 1. The lowest BCUT2D eigenvalue weighted by atomic mass is 10.1. The highest BCUT2D eigenvalue weighted by Crippen LogP contribution is 2.16. The van der Waals surface area contributed by atoms with Crippen LogP contribution in [-0.2, 0) is 9.53 Å². The van der Waals surface area contributed by atoms with E-state index in [2.05, 4.69) is 12.2 Å². The van der Waals surface area contributed by atoms with Gasteiger partial charge in [0.1, 0.15) is 11.6 Å². The summed E-state index contributed by atoms with van der Waals surface area (Å²) in [5.74, 6) is -1.23. The number of nitrogens with zero attached hydrogens (tertiary/aromatic N) is 1. The van der Waals surface area contributed by atoms with Gasteiger partial charge in [-0.3, -0.25) is 4.79 Å². The number of rotatable bonds is 8. The first-order valence-electron chi connectivity index (χ1n) is 7.40. The minimum Gasteiger partial charge on any atom is -0.454 e. The average Bonchev–Trinajstić information content (AvgIpc) is 2.53. The first kappa shape index (κ1) is 18.2. The molecule has 0 aromatic heterocycles. The van der Waals surface area contributed by atoms with Crippen LogP contribution in [0.5, 0.6) is 0 Å². The maximum Gasteiger partial charge on any atom is 0.340 e. The summed E-state index contributed by atoms with van der Waals surface area (Å²) in [5, 5.41) is 12.0. The highest BCUT2D eigenvalue weighted by molar-refractivity contribution is 6.03. The molecule has 0 fully saturated rings. The zero-order chi connectivity index (χ0) is 17.2. The minimum absolute atomic E-state index is 0.107. The van der Waals surface area contributed by atoms with Gasteiger partial charge in [0, 0.05) is 17.9 Å². The Morgan fingerprint density at radius 1 is 1.35 bits per heavy atom. The van der Waals surface area contributed by atoms with Crippen molar-refractivity contribution in [1.82, 2.24) is 0 Å². The molecule has 0 unspecified atom stereocenters. The molecule has 6 heteroatoms. The molecule has 1 rings (SSSR count). The van der Waals surface area contributed by atoms with Crippen LogP contribution in [0.25, 0.3) is 0 Å². The van der Waals surface area contributed by atoms with Crippen LogP contribution < -0.4 is 11.1 Å². The zero-order valence-corrected chi connectivity index (χ0v) is 13.4. The van der Waals surface area contributed by atoms with Crippen molar-refractivity contribution in [1.29, 1.82) is 5.26 Å². The average molecular weight is 315 g/mol. The van der Waals surface area contributed by atoms with Gasteiger partial charge in [0.2, 0.25) is 5.78 Å². The van der Waals surface area contributed by atoms with E-state index in [0.717, 1.165) is 19.4 Å². The summed E-state index contributed by atoms with van der Waals surface area (Å²) in [6.45, 7) is 3.76. The number of nitrogens with two attached hydrogens (primary N) is 1. The number of hydrogen-bond acceptors (Lipinski definition) is 6. The Hall–Kier alpha value is -2.81. The Kier molecular flexibility index (Phi) is 7.34. The molecule has 0 amide bonds. The van der Waals surface area contributed by atoms with Crippen LogP contribution in [0.15, 0.2) is 35.5 Å². The SMILES string of the molecule is CCCCNc1ccccc1C(=O)OCC(=O)C(C#N)=C(C)N. The number of nitrogens with one attached hydrogen (secondary N) is 1. The number of ether oxygens (including phenoxy) is 1. The zero-order valence-electron chi connectivity index (χ0n) is 13.4.